The van der Waals surface area contributed by atoms with Gasteiger partial charge in [-0.2, -0.15) is 0 Å². The van der Waals surface area contributed by atoms with E-state index in [9.17, 15) is 5.11 Å². The van der Waals surface area contributed by atoms with Crippen molar-refractivity contribution in [1.82, 2.24) is 0 Å². The summed E-state index contributed by atoms with van der Waals surface area (Å²) in [4.78, 5) is 0. The van der Waals surface area contributed by atoms with E-state index in [-0.39, 0.29) is 0 Å². The smallest absolute Gasteiger partial charge is 0.311 e. The van der Waals surface area contributed by atoms with Crippen LogP contribution in [0.4, 0.5) is 0 Å². The van der Waals surface area contributed by atoms with Crippen LogP contribution < -0.4 is 0 Å². The van der Waals surface area contributed by atoms with E-state index in [1.54, 1.807) is 13.0 Å². The third-order valence-electron chi connectivity index (χ3n) is 2.55. The van der Waals surface area contributed by atoms with Crippen LogP contribution in [-0.4, -0.2) is 26.4 Å². The van der Waals surface area contributed by atoms with Crippen LogP contribution >= 0.6 is 0 Å². The fourth-order valence-corrected chi connectivity index (χ4v) is 1.72. The number of hydrogen-bond acceptors (Lipinski definition) is 4. The number of ether oxygens (including phenoxy) is 3. The molecule has 0 saturated heterocycles. The summed E-state index contributed by atoms with van der Waals surface area (Å²) in [5, 5.41) is 9.69. The maximum Gasteiger partial charge on any atom is 0.311 e. The van der Waals surface area contributed by atoms with Crippen molar-refractivity contribution >= 4 is 0 Å². The number of rotatable bonds is 5. The number of benzene rings is 1. The number of aliphatic hydroxyl groups is 1. The maximum absolute atomic E-state index is 9.69. The van der Waals surface area contributed by atoms with Crippen molar-refractivity contribution in [1.29, 1.82) is 0 Å². The topological polar surface area (TPSA) is 47.9 Å². The molecule has 1 aromatic rings. The molecule has 16 heavy (non-hydrogen) atoms. The van der Waals surface area contributed by atoms with Crippen molar-refractivity contribution in [2.75, 3.05) is 21.3 Å². The van der Waals surface area contributed by atoms with E-state index < -0.39 is 12.1 Å². The van der Waals surface area contributed by atoms with Crippen molar-refractivity contribution in [3.63, 3.8) is 0 Å². The van der Waals surface area contributed by atoms with Crippen LogP contribution in [0.2, 0.25) is 0 Å². The Morgan fingerprint density at radius 2 is 1.56 bits per heavy atom. The molecule has 0 spiro atoms. The SMILES string of the molecule is COC(OC)(OC)c1ccccc1[C@H](C)O. The predicted molar refractivity (Wildman–Crippen MR) is 59.8 cm³/mol. The Hall–Kier alpha value is -0.940. The summed E-state index contributed by atoms with van der Waals surface area (Å²) in [7, 11) is 4.48. The molecule has 0 unspecified atom stereocenters. The molecule has 1 atom stereocenters. The molecular formula is C12H18O4. The summed E-state index contributed by atoms with van der Waals surface area (Å²) in [5.74, 6) is -1.27. The molecule has 0 aliphatic heterocycles. The first kappa shape index (κ1) is 13.1. The lowest BCUT2D eigenvalue weighted by molar-refractivity contribution is -0.365. The van der Waals surface area contributed by atoms with Gasteiger partial charge in [0.05, 0.1) is 6.10 Å². The number of aliphatic hydroxyl groups excluding tert-OH is 1. The molecule has 0 fully saturated rings. The zero-order valence-electron chi connectivity index (χ0n) is 10.1. The zero-order chi connectivity index (χ0) is 12.2. The molecule has 0 aliphatic carbocycles. The number of hydrogen-bond donors (Lipinski definition) is 1. The Labute approximate surface area is 95.8 Å². The average Bonchev–Trinajstić information content (AvgIpc) is 2.32. The summed E-state index contributed by atoms with van der Waals surface area (Å²) in [5.41, 5.74) is 1.38. The van der Waals surface area contributed by atoms with Gasteiger partial charge >= 0.3 is 5.97 Å². The van der Waals surface area contributed by atoms with Gasteiger partial charge in [0.15, 0.2) is 0 Å². The lowest BCUT2D eigenvalue weighted by Gasteiger charge is -2.31. The van der Waals surface area contributed by atoms with Crippen LogP contribution in [-0.2, 0) is 20.2 Å². The number of methoxy groups -OCH3 is 3. The van der Waals surface area contributed by atoms with Gasteiger partial charge in [-0.25, -0.2) is 0 Å². The van der Waals surface area contributed by atoms with Gasteiger partial charge in [-0.05, 0) is 12.5 Å². The predicted octanol–water partition coefficient (Wildman–Crippen LogP) is 1.79. The maximum atomic E-state index is 9.69. The lowest BCUT2D eigenvalue weighted by Crippen LogP contribution is -2.34. The summed E-state index contributed by atoms with van der Waals surface area (Å²) in [6.45, 7) is 1.69. The molecule has 0 bridgehead atoms. The molecule has 0 saturated carbocycles. The van der Waals surface area contributed by atoms with E-state index >= 15 is 0 Å². The average molecular weight is 226 g/mol. The largest absolute Gasteiger partial charge is 0.389 e. The van der Waals surface area contributed by atoms with Gasteiger partial charge < -0.3 is 19.3 Å². The van der Waals surface area contributed by atoms with E-state index in [1.807, 2.05) is 18.2 Å². The van der Waals surface area contributed by atoms with Gasteiger partial charge in [0.1, 0.15) is 0 Å². The summed E-state index contributed by atoms with van der Waals surface area (Å²) < 4.78 is 15.8. The molecule has 0 amide bonds. The van der Waals surface area contributed by atoms with Gasteiger partial charge in [0.25, 0.3) is 0 Å². The second kappa shape index (κ2) is 5.41. The molecule has 1 rings (SSSR count). The molecule has 0 heterocycles. The summed E-state index contributed by atoms with van der Waals surface area (Å²) >= 11 is 0. The van der Waals surface area contributed by atoms with Crippen molar-refractivity contribution in [3.8, 4) is 0 Å². The molecule has 4 nitrogen and oxygen atoms in total. The van der Waals surface area contributed by atoms with Gasteiger partial charge in [0.2, 0.25) is 0 Å². The van der Waals surface area contributed by atoms with Crippen LogP contribution in [0, 0.1) is 0 Å². The molecule has 4 heteroatoms. The minimum Gasteiger partial charge on any atom is -0.389 e. The zero-order valence-corrected chi connectivity index (χ0v) is 10.1. The molecular weight excluding hydrogens is 208 g/mol. The Bertz CT molecular complexity index is 323. The van der Waals surface area contributed by atoms with Crippen LogP contribution in [0.25, 0.3) is 0 Å². The fourth-order valence-electron chi connectivity index (χ4n) is 1.72. The minimum atomic E-state index is -1.27. The third kappa shape index (κ3) is 2.25. The molecule has 1 N–H and O–H groups in total. The first-order chi connectivity index (χ1) is 7.61. The normalized spacial score (nSPS) is 13.8. The molecule has 1 aromatic carbocycles. The summed E-state index contributed by atoms with van der Waals surface area (Å²) in [6, 6.07) is 7.30. The molecule has 0 radical (unpaired) electrons. The second-order valence-corrected chi connectivity index (χ2v) is 3.43. The highest BCUT2D eigenvalue weighted by molar-refractivity contribution is 5.31. The fraction of sp³-hybridized carbons (Fsp3) is 0.500. The van der Waals surface area contributed by atoms with E-state index in [0.29, 0.717) is 11.1 Å². The van der Waals surface area contributed by atoms with Crippen molar-refractivity contribution in [3.05, 3.63) is 35.4 Å². The van der Waals surface area contributed by atoms with Crippen LogP contribution in [0.3, 0.4) is 0 Å². The molecule has 0 aliphatic rings. The molecule has 90 valence electrons. The van der Waals surface area contributed by atoms with Gasteiger partial charge in [-0.15, -0.1) is 0 Å². The monoisotopic (exact) mass is 226 g/mol. The van der Waals surface area contributed by atoms with Crippen molar-refractivity contribution in [2.24, 2.45) is 0 Å². The van der Waals surface area contributed by atoms with Gasteiger partial charge in [0, 0.05) is 26.9 Å². The van der Waals surface area contributed by atoms with Gasteiger partial charge in [-0.3, -0.25) is 0 Å². The van der Waals surface area contributed by atoms with E-state index in [0.717, 1.165) is 0 Å². The molecule has 0 aromatic heterocycles. The quantitative estimate of drug-likeness (QED) is 0.778. The highest BCUT2D eigenvalue weighted by atomic mass is 16.9. The van der Waals surface area contributed by atoms with E-state index in [2.05, 4.69) is 0 Å². The van der Waals surface area contributed by atoms with Crippen molar-refractivity contribution in [2.45, 2.75) is 19.0 Å². The van der Waals surface area contributed by atoms with Crippen LogP contribution in [0.15, 0.2) is 24.3 Å². The second-order valence-electron chi connectivity index (χ2n) is 3.43. The highest BCUT2D eigenvalue weighted by Gasteiger charge is 2.35. The van der Waals surface area contributed by atoms with Crippen molar-refractivity contribution < 1.29 is 19.3 Å². The Balaban J connectivity index is 3.29. The summed E-state index contributed by atoms with van der Waals surface area (Å²) in [6.07, 6.45) is -0.615. The third-order valence-corrected chi connectivity index (χ3v) is 2.55. The van der Waals surface area contributed by atoms with E-state index in [1.165, 1.54) is 21.3 Å². The van der Waals surface area contributed by atoms with Crippen LogP contribution in [0.1, 0.15) is 24.2 Å². The first-order valence-electron chi connectivity index (χ1n) is 5.04. The standard InChI is InChI=1S/C12H18O4/c1-9(13)10-7-5-6-8-11(10)12(14-2,15-3)16-4/h5-9,13H,1-4H3/t9-/m0/s1. The highest BCUT2D eigenvalue weighted by Crippen LogP contribution is 2.32. The van der Waals surface area contributed by atoms with E-state index in [4.69, 9.17) is 14.2 Å². The Morgan fingerprint density at radius 3 is 2.00 bits per heavy atom. The van der Waals surface area contributed by atoms with Gasteiger partial charge in [-0.1, -0.05) is 24.3 Å². The Morgan fingerprint density at radius 1 is 1.06 bits per heavy atom. The minimum absolute atomic E-state index is 0.615. The van der Waals surface area contributed by atoms with Crippen LogP contribution in [0.5, 0.6) is 0 Å². The lowest BCUT2D eigenvalue weighted by atomic mass is 10.0. The Kier molecular flexibility index (Phi) is 4.44. The first-order valence-corrected chi connectivity index (χ1v) is 5.04.